The largest absolute Gasteiger partial charge is 0.368 e. The second-order valence-electron chi connectivity index (χ2n) is 5.23. The molecule has 1 fully saturated rings. The molecular formula is C15H18N4O2. The van der Waals surface area contributed by atoms with Crippen molar-refractivity contribution in [3.63, 3.8) is 0 Å². The van der Waals surface area contributed by atoms with Crippen molar-refractivity contribution in [2.75, 3.05) is 11.9 Å². The molecule has 0 bridgehead atoms. The molecule has 6 nitrogen and oxygen atoms in total. The highest BCUT2D eigenvalue weighted by Gasteiger charge is 2.23. The molecule has 0 aliphatic carbocycles. The molecule has 3 rings (SSSR count). The summed E-state index contributed by atoms with van der Waals surface area (Å²) in [7, 11) is 0. The monoisotopic (exact) mass is 286 g/mol. The van der Waals surface area contributed by atoms with Crippen molar-refractivity contribution < 1.29 is 9.53 Å². The van der Waals surface area contributed by atoms with E-state index in [1.165, 1.54) is 0 Å². The molecule has 0 unspecified atom stereocenters. The van der Waals surface area contributed by atoms with Gasteiger partial charge in [-0.2, -0.15) is 5.10 Å². The van der Waals surface area contributed by atoms with Crippen molar-refractivity contribution in [1.82, 2.24) is 14.8 Å². The van der Waals surface area contributed by atoms with Gasteiger partial charge in [-0.05, 0) is 44.9 Å². The lowest BCUT2D eigenvalue weighted by Crippen LogP contribution is -2.26. The van der Waals surface area contributed by atoms with Crippen molar-refractivity contribution >= 4 is 11.6 Å². The first-order chi connectivity index (χ1) is 10.1. The summed E-state index contributed by atoms with van der Waals surface area (Å²) in [5.74, 6) is 0.629. The molecule has 1 aliphatic heterocycles. The maximum atomic E-state index is 11.9. The number of aryl methyl sites for hydroxylation is 2. The van der Waals surface area contributed by atoms with E-state index < -0.39 is 0 Å². The Hall–Kier alpha value is -2.21. The van der Waals surface area contributed by atoms with E-state index in [0.717, 1.165) is 30.0 Å². The number of aromatic nitrogens is 3. The highest BCUT2D eigenvalue weighted by Crippen LogP contribution is 2.16. The summed E-state index contributed by atoms with van der Waals surface area (Å²) in [6.07, 6.45) is 3.02. The number of carbonyl (C=O) groups excluding carboxylic acids is 1. The number of nitrogens with zero attached hydrogens (tertiary/aromatic N) is 3. The minimum Gasteiger partial charge on any atom is -0.368 e. The summed E-state index contributed by atoms with van der Waals surface area (Å²) in [6.45, 7) is 4.59. The topological polar surface area (TPSA) is 69.0 Å². The minimum atomic E-state index is -0.333. The van der Waals surface area contributed by atoms with Crippen molar-refractivity contribution in [1.29, 1.82) is 0 Å². The van der Waals surface area contributed by atoms with Crippen LogP contribution in [-0.2, 0) is 9.53 Å². The molecule has 0 aromatic carbocycles. The van der Waals surface area contributed by atoms with Gasteiger partial charge in [-0.1, -0.05) is 0 Å². The van der Waals surface area contributed by atoms with Gasteiger partial charge in [0.15, 0.2) is 5.82 Å². The van der Waals surface area contributed by atoms with Crippen LogP contribution in [0.15, 0.2) is 24.4 Å². The zero-order valence-corrected chi connectivity index (χ0v) is 12.2. The molecule has 1 N–H and O–H groups in total. The van der Waals surface area contributed by atoms with Crippen LogP contribution in [0.2, 0.25) is 0 Å². The van der Waals surface area contributed by atoms with Gasteiger partial charge in [-0.3, -0.25) is 4.79 Å². The first-order valence-corrected chi connectivity index (χ1v) is 7.05. The Labute approximate surface area is 123 Å². The van der Waals surface area contributed by atoms with Crippen molar-refractivity contribution in [3.05, 3.63) is 35.8 Å². The number of rotatable bonds is 3. The second-order valence-corrected chi connectivity index (χ2v) is 5.23. The van der Waals surface area contributed by atoms with Crippen LogP contribution in [0.4, 0.5) is 5.69 Å². The Balaban J connectivity index is 1.72. The number of hydrogen-bond donors (Lipinski definition) is 1. The van der Waals surface area contributed by atoms with Gasteiger partial charge in [0.2, 0.25) is 0 Å². The third-order valence-electron chi connectivity index (χ3n) is 3.46. The summed E-state index contributed by atoms with van der Waals surface area (Å²) >= 11 is 0. The maximum absolute atomic E-state index is 11.9. The lowest BCUT2D eigenvalue weighted by atomic mass is 10.2. The number of ether oxygens (including phenoxy) is 1. The number of nitrogens with one attached hydrogen (secondary N) is 1. The first kappa shape index (κ1) is 13.8. The number of hydrogen-bond acceptors (Lipinski definition) is 4. The maximum Gasteiger partial charge on any atom is 0.253 e. The molecule has 0 saturated carbocycles. The Morgan fingerprint density at radius 2 is 2.29 bits per heavy atom. The van der Waals surface area contributed by atoms with Crippen molar-refractivity contribution in [3.8, 4) is 5.82 Å². The van der Waals surface area contributed by atoms with Crippen LogP contribution in [0.5, 0.6) is 0 Å². The highest BCUT2D eigenvalue weighted by atomic mass is 16.5. The predicted molar refractivity (Wildman–Crippen MR) is 78.4 cm³/mol. The molecule has 110 valence electrons. The molecule has 1 saturated heterocycles. The Morgan fingerprint density at radius 1 is 1.43 bits per heavy atom. The summed E-state index contributed by atoms with van der Waals surface area (Å²) in [6, 6.07) is 5.66. The lowest BCUT2D eigenvalue weighted by Gasteiger charge is -2.10. The van der Waals surface area contributed by atoms with Crippen LogP contribution in [0.25, 0.3) is 5.82 Å². The van der Waals surface area contributed by atoms with E-state index in [0.29, 0.717) is 12.3 Å². The molecule has 0 spiro atoms. The van der Waals surface area contributed by atoms with E-state index >= 15 is 0 Å². The molecule has 6 heteroatoms. The Bertz CT molecular complexity index is 642. The molecular weight excluding hydrogens is 268 g/mol. The average Bonchev–Trinajstić information content (AvgIpc) is 3.09. The van der Waals surface area contributed by atoms with Gasteiger partial charge in [0.25, 0.3) is 5.91 Å². The van der Waals surface area contributed by atoms with E-state index in [9.17, 15) is 4.79 Å². The molecule has 1 aliphatic rings. The highest BCUT2D eigenvalue weighted by molar-refractivity contribution is 5.94. The van der Waals surface area contributed by atoms with Crippen LogP contribution >= 0.6 is 0 Å². The summed E-state index contributed by atoms with van der Waals surface area (Å²) in [5.41, 5.74) is 2.64. The molecule has 2 aromatic rings. The molecule has 21 heavy (non-hydrogen) atoms. The SMILES string of the molecule is Cc1cc(C)n(-c2ccc(NC(=O)[C@H]3CCCO3)cn2)n1. The van der Waals surface area contributed by atoms with Crippen LogP contribution in [0.3, 0.4) is 0 Å². The van der Waals surface area contributed by atoms with Crippen LogP contribution < -0.4 is 5.32 Å². The quantitative estimate of drug-likeness (QED) is 0.937. The number of carbonyl (C=O) groups is 1. The van der Waals surface area contributed by atoms with Gasteiger partial charge in [-0.15, -0.1) is 0 Å². The number of anilines is 1. The first-order valence-electron chi connectivity index (χ1n) is 7.05. The Morgan fingerprint density at radius 3 is 2.86 bits per heavy atom. The predicted octanol–water partition coefficient (Wildman–Crippen LogP) is 2.00. The van der Waals surface area contributed by atoms with Gasteiger partial charge in [0.1, 0.15) is 6.10 Å². The van der Waals surface area contributed by atoms with E-state index in [1.807, 2.05) is 32.0 Å². The summed E-state index contributed by atoms with van der Waals surface area (Å²) in [5, 5.41) is 7.21. The average molecular weight is 286 g/mol. The van der Waals surface area contributed by atoms with E-state index in [4.69, 9.17) is 4.74 Å². The summed E-state index contributed by atoms with van der Waals surface area (Å²) < 4.78 is 7.13. The normalized spacial score (nSPS) is 17.9. The van der Waals surface area contributed by atoms with E-state index in [2.05, 4.69) is 15.4 Å². The summed E-state index contributed by atoms with van der Waals surface area (Å²) in [4.78, 5) is 16.3. The van der Waals surface area contributed by atoms with Gasteiger partial charge >= 0.3 is 0 Å². The molecule has 1 amide bonds. The standard InChI is InChI=1S/C15H18N4O2/c1-10-8-11(2)19(18-10)14-6-5-12(9-16-14)17-15(20)13-4-3-7-21-13/h5-6,8-9,13H,3-4,7H2,1-2H3,(H,17,20)/t13-/m1/s1. The van der Waals surface area contributed by atoms with Crippen molar-refractivity contribution in [2.24, 2.45) is 0 Å². The van der Waals surface area contributed by atoms with Gasteiger partial charge < -0.3 is 10.1 Å². The molecule has 1 atom stereocenters. The fourth-order valence-corrected chi connectivity index (χ4v) is 2.45. The second kappa shape index (κ2) is 5.65. The fraction of sp³-hybridized carbons (Fsp3) is 0.400. The third kappa shape index (κ3) is 2.95. The van der Waals surface area contributed by atoms with Gasteiger partial charge in [-0.25, -0.2) is 9.67 Å². The zero-order chi connectivity index (χ0) is 14.8. The molecule has 2 aromatic heterocycles. The van der Waals surface area contributed by atoms with E-state index in [1.54, 1.807) is 10.9 Å². The minimum absolute atomic E-state index is 0.104. The molecule has 3 heterocycles. The smallest absolute Gasteiger partial charge is 0.253 e. The van der Waals surface area contributed by atoms with Crippen LogP contribution in [0.1, 0.15) is 24.2 Å². The van der Waals surface area contributed by atoms with Crippen molar-refractivity contribution in [2.45, 2.75) is 32.8 Å². The van der Waals surface area contributed by atoms with Gasteiger partial charge in [0, 0.05) is 12.3 Å². The van der Waals surface area contributed by atoms with Gasteiger partial charge in [0.05, 0.1) is 17.6 Å². The number of pyridine rings is 1. The lowest BCUT2D eigenvalue weighted by molar-refractivity contribution is -0.124. The van der Waals surface area contributed by atoms with Crippen LogP contribution in [0, 0.1) is 13.8 Å². The number of amides is 1. The fourth-order valence-electron chi connectivity index (χ4n) is 2.45. The van der Waals surface area contributed by atoms with E-state index in [-0.39, 0.29) is 12.0 Å². The third-order valence-corrected chi connectivity index (χ3v) is 3.46. The zero-order valence-electron chi connectivity index (χ0n) is 12.2. The Kier molecular flexibility index (Phi) is 3.70. The molecule has 0 radical (unpaired) electrons. The van der Waals surface area contributed by atoms with Crippen LogP contribution in [-0.4, -0.2) is 33.4 Å².